The van der Waals surface area contributed by atoms with E-state index in [-0.39, 0.29) is 12.5 Å². The van der Waals surface area contributed by atoms with E-state index in [1.165, 1.54) is 31.4 Å². The number of hydrogen-bond acceptors (Lipinski definition) is 5. The number of carbonyl (C=O) groups is 2. The fourth-order valence-electron chi connectivity index (χ4n) is 3.49. The van der Waals surface area contributed by atoms with E-state index >= 15 is 0 Å². The second kappa shape index (κ2) is 11.3. The number of methoxy groups -OCH3 is 1. The Kier molecular flexibility index (Phi) is 8.19. The Labute approximate surface area is 185 Å². The number of nitrogens with one attached hydrogen (secondary N) is 1. The van der Waals surface area contributed by atoms with Gasteiger partial charge in [-0.25, -0.2) is 13.6 Å². The Balaban J connectivity index is 1.54. The van der Waals surface area contributed by atoms with Gasteiger partial charge in [0, 0.05) is 12.1 Å². The Bertz CT molecular complexity index is 966. The molecule has 0 radical (unpaired) electrons. The van der Waals surface area contributed by atoms with Crippen molar-refractivity contribution in [1.82, 2.24) is 5.48 Å². The fraction of sp³-hybridized carbons (Fsp3) is 0.333. The van der Waals surface area contributed by atoms with E-state index in [1.807, 2.05) is 0 Å². The molecule has 1 aliphatic rings. The summed E-state index contributed by atoms with van der Waals surface area (Å²) in [6, 6.07) is 8.10. The first kappa shape index (κ1) is 23.2. The quantitative estimate of drug-likeness (QED) is 0.493. The largest absolute Gasteiger partial charge is 0.493 e. The molecule has 1 amide bonds. The molecule has 1 saturated carbocycles. The maximum Gasteiger partial charge on any atom is 0.335 e. The number of hydroxylamine groups is 1. The SMILES string of the molecule is COc1cc(C=CC(=O)NOC(=O)C2CCCCC2)ccc1OCc1cc(F)cc(F)c1. The van der Waals surface area contributed by atoms with Gasteiger partial charge < -0.3 is 14.3 Å². The van der Waals surface area contributed by atoms with Crippen LogP contribution in [0.2, 0.25) is 0 Å². The van der Waals surface area contributed by atoms with Crippen molar-refractivity contribution in [3.63, 3.8) is 0 Å². The molecule has 0 saturated heterocycles. The number of benzene rings is 2. The van der Waals surface area contributed by atoms with Crippen LogP contribution in [0.4, 0.5) is 8.78 Å². The van der Waals surface area contributed by atoms with Gasteiger partial charge in [-0.1, -0.05) is 25.3 Å². The summed E-state index contributed by atoms with van der Waals surface area (Å²) < 4.78 is 37.5. The summed E-state index contributed by atoms with van der Waals surface area (Å²) in [6.45, 7) is -0.0466. The van der Waals surface area contributed by atoms with Gasteiger partial charge in [0.1, 0.15) is 18.2 Å². The monoisotopic (exact) mass is 445 g/mol. The second-order valence-electron chi connectivity index (χ2n) is 7.53. The minimum absolute atomic E-state index is 0.0466. The zero-order chi connectivity index (χ0) is 22.9. The molecule has 0 atom stereocenters. The maximum absolute atomic E-state index is 13.3. The molecule has 0 spiro atoms. The highest BCUT2D eigenvalue weighted by molar-refractivity contribution is 5.92. The van der Waals surface area contributed by atoms with Gasteiger partial charge in [-0.2, -0.15) is 5.48 Å². The van der Waals surface area contributed by atoms with Gasteiger partial charge in [-0.05, 0) is 54.3 Å². The van der Waals surface area contributed by atoms with Gasteiger partial charge in [0.15, 0.2) is 11.5 Å². The molecule has 32 heavy (non-hydrogen) atoms. The van der Waals surface area contributed by atoms with E-state index in [0.29, 0.717) is 22.6 Å². The Morgan fingerprint density at radius 3 is 2.44 bits per heavy atom. The van der Waals surface area contributed by atoms with E-state index in [1.54, 1.807) is 18.2 Å². The highest BCUT2D eigenvalue weighted by Gasteiger charge is 2.23. The molecule has 6 nitrogen and oxygen atoms in total. The van der Waals surface area contributed by atoms with Crippen LogP contribution in [-0.4, -0.2) is 19.0 Å². The van der Waals surface area contributed by atoms with Gasteiger partial charge in [0.2, 0.25) is 0 Å². The van der Waals surface area contributed by atoms with Crippen molar-refractivity contribution in [3.8, 4) is 11.5 Å². The van der Waals surface area contributed by atoms with Crippen molar-refractivity contribution in [2.75, 3.05) is 7.11 Å². The number of carbonyl (C=O) groups excluding carboxylic acids is 2. The van der Waals surface area contributed by atoms with Gasteiger partial charge in [0.25, 0.3) is 5.91 Å². The molecule has 1 aliphatic carbocycles. The second-order valence-corrected chi connectivity index (χ2v) is 7.53. The molecular weight excluding hydrogens is 420 g/mol. The molecule has 8 heteroatoms. The molecule has 0 aromatic heterocycles. The number of ether oxygens (including phenoxy) is 2. The van der Waals surface area contributed by atoms with E-state index in [9.17, 15) is 18.4 Å². The van der Waals surface area contributed by atoms with Gasteiger partial charge >= 0.3 is 5.97 Å². The molecule has 0 heterocycles. The van der Waals surface area contributed by atoms with Crippen LogP contribution in [-0.2, 0) is 21.0 Å². The first-order chi connectivity index (χ1) is 15.4. The third-order valence-corrected chi connectivity index (χ3v) is 5.12. The van der Waals surface area contributed by atoms with Crippen LogP contribution in [0.1, 0.15) is 43.2 Å². The fourth-order valence-corrected chi connectivity index (χ4v) is 3.49. The average molecular weight is 445 g/mol. The third-order valence-electron chi connectivity index (χ3n) is 5.12. The topological polar surface area (TPSA) is 73.9 Å². The summed E-state index contributed by atoms with van der Waals surface area (Å²) in [5.74, 6) is -1.74. The van der Waals surface area contributed by atoms with Crippen LogP contribution in [0.15, 0.2) is 42.5 Å². The zero-order valence-electron chi connectivity index (χ0n) is 17.7. The van der Waals surface area contributed by atoms with Crippen LogP contribution in [0.5, 0.6) is 11.5 Å². The van der Waals surface area contributed by atoms with Crippen molar-refractivity contribution in [1.29, 1.82) is 0 Å². The van der Waals surface area contributed by atoms with Crippen molar-refractivity contribution < 1.29 is 32.7 Å². The highest BCUT2D eigenvalue weighted by Crippen LogP contribution is 2.29. The van der Waals surface area contributed by atoms with Crippen LogP contribution < -0.4 is 15.0 Å². The summed E-state index contributed by atoms with van der Waals surface area (Å²) in [6.07, 6.45) is 7.44. The predicted octanol–water partition coefficient (Wildman–Crippen LogP) is 4.72. The molecular formula is C24H25F2NO5. The number of amides is 1. The highest BCUT2D eigenvalue weighted by atomic mass is 19.1. The van der Waals surface area contributed by atoms with E-state index in [0.717, 1.165) is 38.2 Å². The van der Waals surface area contributed by atoms with Crippen LogP contribution >= 0.6 is 0 Å². The van der Waals surface area contributed by atoms with Gasteiger partial charge in [-0.15, -0.1) is 0 Å². The minimum Gasteiger partial charge on any atom is -0.493 e. The van der Waals surface area contributed by atoms with Crippen molar-refractivity contribution in [2.45, 2.75) is 38.7 Å². The lowest BCUT2D eigenvalue weighted by Gasteiger charge is -2.19. The lowest BCUT2D eigenvalue weighted by Crippen LogP contribution is -2.30. The molecule has 0 aliphatic heterocycles. The molecule has 2 aromatic carbocycles. The van der Waals surface area contributed by atoms with Crippen molar-refractivity contribution >= 4 is 18.0 Å². The van der Waals surface area contributed by atoms with Crippen LogP contribution in [0, 0.1) is 17.6 Å². The van der Waals surface area contributed by atoms with Crippen molar-refractivity contribution in [3.05, 3.63) is 65.2 Å². The normalized spacial score (nSPS) is 14.2. The molecule has 3 rings (SSSR count). The number of halogens is 2. The summed E-state index contributed by atoms with van der Waals surface area (Å²) in [4.78, 5) is 28.8. The summed E-state index contributed by atoms with van der Waals surface area (Å²) in [5, 5.41) is 0. The molecule has 1 fully saturated rings. The zero-order valence-corrected chi connectivity index (χ0v) is 17.7. The molecule has 2 aromatic rings. The molecule has 1 N–H and O–H groups in total. The summed E-state index contributed by atoms with van der Waals surface area (Å²) in [5.41, 5.74) is 3.12. The smallest absolute Gasteiger partial charge is 0.335 e. The Hall–Kier alpha value is -3.42. The maximum atomic E-state index is 13.3. The van der Waals surface area contributed by atoms with Gasteiger partial charge in [-0.3, -0.25) is 4.79 Å². The number of rotatable bonds is 7. The number of hydrogen-bond donors (Lipinski definition) is 1. The Morgan fingerprint density at radius 2 is 1.75 bits per heavy atom. The first-order valence-corrected chi connectivity index (χ1v) is 10.4. The van der Waals surface area contributed by atoms with Crippen LogP contribution in [0.25, 0.3) is 6.08 Å². The summed E-state index contributed by atoms with van der Waals surface area (Å²) in [7, 11) is 1.45. The molecule has 0 bridgehead atoms. The third kappa shape index (κ3) is 6.80. The summed E-state index contributed by atoms with van der Waals surface area (Å²) >= 11 is 0. The Morgan fingerprint density at radius 1 is 1.03 bits per heavy atom. The first-order valence-electron chi connectivity index (χ1n) is 10.4. The van der Waals surface area contributed by atoms with Crippen molar-refractivity contribution in [2.24, 2.45) is 5.92 Å². The average Bonchev–Trinajstić information content (AvgIpc) is 2.80. The van der Waals surface area contributed by atoms with Gasteiger partial charge in [0.05, 0.1) is 13.0 Å². The van der Waals surface area contributed by atoms with E-state index < -0.39 is 23.5 Å². The predicted molar refractivity (Wildman–Crippen MR) is 114 cm³/mol. The lowest BCUT2D eigenvalue weighted by molar-refractivity contribution is -0.161. The van der Waals surface area contributed by atoms with E-state index in [4.69, 9.17) is 14.3 Å². The lowest BCUT2D eigenvalue weighted by atomic mass is 9.89. The standard InChI is InChI=1S/C24H25F2NO5/c1-30-22-13-16(7-9-21(22)31-15-17-11-19(25)14-20(26)12-17)8-10-23(28)27-32-24(29)18-5-3-2-4-6-18/h7-14,18H,2-6,15H2,1H3,(H,27,28). The minimum atomic E-state index is -0.682. The van der Waals surface area contributed by atoms with E-state index in [2.05, 4.69) is 5.48 Å². The molecule has 0 unspecified atom stereocenters. The van der Waals surface area contributed by atoms with Crippen LogP contribution in [0.3, 0.4) is 0 Å². The molecule has 170 valence electrons.